The van der Waals surface area contributed by atoms with Crippen molar-refractivity contribution in [1.82, 2.24) is 5.32 Å². The molecule has 0 aliphatic heterocycles. The number of carbonyl (C=O) groups is 2. The zero-order valence-corrected chi connectivity index (χ0v) is 11.8. The van der Waals surface area contributed by atoms with E-state index < -0.39 is 17.7 Å². The minimum Gasteiger partial charge on any atom is -0.444 e. The molecule has 0 fully saturated rings. The quantitative estimate of drug-likeness (QED) is 0.850. The Morgan fingerprint density at radius 1 is 1.26 bits per heavy atom. The number of nitrogens with one attached hydrogen (secondary N) is 1. The third-order valence-electron chi connectivity index (χ3n) is 2.69. The lowest BCUT2D eigenvalue weighted by atomic mass is 9.94. The maximum absolute atomic E-state index is 11.7. The van der Waals surface area contributed by atoms with Gasteiger partial charge in [0.2, 0.25) is 0 Å². The van der Waals surface area contributed by atoms with Crippen LogP contribution in [0, 0.1) is 0 Å². The highest BCUT2D eigenvalue weighted by Crippen LogP contribution is 2.18. The topological polar surface area (TPSA) is 55.4 Å². The summed E-state index contributed by atoms with van der Waals surface area (Å²) >= 11 is 0. The molecule has 1 N–H and O–H groups in total. The smallest absolute Gasteiger partial charge is 0.408 e. The predicted molar refractivity (Wildman–Crippen MR) is 74.1 cm³/mol. The van der Waals surface area contributed by atoms with E-state index in [1.54, 1.807) is 20.8 Å². The first kappa shape index (κ1) is 15.2. The molecule has 104 valence electrons. The molecule has 1 aromatic carbocycles. The van der Waals surface area contributed by atoms with Crippen molar-refractivity contribution in [1.29, 1.82) is 0 Å². The summed E-state index contributed by atoms with van der Waals surface area (Å²) in [5, 5.41) is 2.59. The summed E-state index contributed by atoms with van der Waals surface area (Å²) in [6, 6.07) is 8.98. The largest absolute Gasteiger partial charge is 0.444 e. The number of aldehydes is 1. The van der Waals surface area contributed by atoms with Gasteiger partial charge in [0.05, 0.1) is 6.04 Å². The second kappa shape index (κ2) is 6.36. The minimum atomic E-state index is -0.600. The molecule has 0 radical (unpaired) electrons. The Bertz CT molecular complexity index is 423. The Morgan fingerprint density at radius 2 is 1.84 bits per heavy atom. The molecule has 1 amide bonds. The molecule has 0 aliphatic carbocycles. The lowest BCUT2D eigenvalue weighted by Gasteiger charge is -2.24. The molecule has 0 aliphatic rings. The Labute approximate surface area is 114 Å². The van der Waals surface area contributed by atoms with E-state index in [0.29, 0.717) is 0 Å². The lowest BCUT2D eigenvalue weighted by molar-refractivity contribution is -0.110. The predicted octanol–water partition coefficient (Wildman–Crippen LogP) is 2.88. The lowest BCUT2D eigenvalue weighted by Crippen LogP contribution is -2.42. The van der Waals surface area contributed by atoms with Gasteiger partial charge in [0.25, 0.3) is 0 Å². The van der Waals surface area contributed by atoms with Gasteiger partial charge >= 0.3 is 6.09 Å². The number of alkyl carbamates (subject to hydrolysis) is 1. The Balaban J connectivity index is 2.68. The monoisotopic (exact) mass is 263 g/mol. The van der Waals surface area contributed by atoms with Gasteiger partial charge in [0.15, 0.2) is 0 Å². The molecule has 0 bridgehead atoms. The SMILES string of the molecule is C[C@H](c1ccccc1)[C@@H](C=O)NC(=O)OC(C)(C)C. The second-order valence-corrected chi connectivity index (χ2v) is 5.51. The molecule has 0 aromatic heterocycles. The Morgan fingerprint density at radius 3 is 2.32 bits per heavy atom. The van der Waals surface area contributed by atoms with Crippen LogP contribution in [-0.4, -0.2) is 24.0 Å². The van der Waals surface area contributed by atoms with Gasteiger partial charge in [-0.3, -0.25) is 0 Å². The van der Waals surface area contributed by atoms with Crippen molar-refractivity contribution in [2.24, 2.45) is 0 Å². The summed E-state index contributed by atoms with van der Waals surface area (Å²) in [7, 11) is 0. The van der Waals surface area contributed by atoms with Crippen molar-refractivity contribution in [3.05, 3.63) is 35.9 Å². The Kier molecular flexibility index (Phi) is 5.10. The van der Waals surface area contributed by atoms with E-state index in [0.717, 1.165) is 11.8 Å². The van der Waals surface area contributed by atoms with Gasteiger partial charge in [0, 0.05) is 5.92 Å². The molecular formula is C15H21NO3. The summed E-state index contributed by atoms with van der Waals surface area (Å²) in [6.45, 7) is 7.24. The first-order valence-electron chi connectivity index (χ1n) is 6.33. The molecule has 0 unspecified atom stereocenters. The van der Waals surface area contributed by atoms with Gasteiger partial charge in [-0.1, -0.05) is 37.3 Å². The van der Waals surface area contributed by atoms with E-state index in [2.05, 4.69) is 5.32 Å². The van der Waals surface area contributed by atoms with Crippen LogP contribution >= 0.6 is 0 Å². The first-order valence-corrected chi connectivity index (χ1v) is 6.33. The van der Waals surface area contributed by atoms with Crippen molar-refractivity contribution in [2.75, 3.05) is 0 Å². The van der Waals surface area contributed by atoms with E-state index in [9.17, 15) is 9.59 Å². The summed E-state index contributed by atoms with van der Waals surface area (Å²) in [6.07, 6.45) is 0.161. The average Bonchev–Trinajstić information content (AvgIpc) is 2.34. The van der Waals surface area contributed by atoms with Crippen LogP contribution < -0.4 is 5.32 Å². The fourth-order valence-corrected chi connectivity index (χ4v) is 1.68. The zero-order chi connectivity index (χ0) is 14.5. The standard InChI is InChI=1S/C15H21NO3/c1-11(12-8-6-5-7-9-12)13(10-17)16-14(18)19-15(2,3)4/h5-11,13H,1-4H3,(H,16,18)/t11-,13-/m1/s1. The summed E-state index contributed by atoms with van der Waals surface area (Å²) in [4.78, 5) is 22.8. The van der Waals surface area contributed by atoms with Gasteiger partial charge in [-0.25, -0.2) is 4.79 Å². The molecule has 0 spiro atoms. The first-order chi connectivity index (χ1) is 8.83. The van der Waals surface area contributed by atoms with Crippen molar-refractivity contribution in [3.63, 3.8) is 0 Å². The number of carbonyl (C=O) groups excluding carboxylic acids is 2. The molecule has 0 saturated carbocycles. The maximum Gasteiger partial charge on any atom is 0.408 e. The molecule has 0 saturated heterocycles. The number of ether oxygens (including phenoxy) is 1. The average molecular weight is 263 g/mol. The van der Waals surface area contributed by atoms with Crippen LogP contribution in [0.1, 0.15) is 39.2 Å². The normalized spacial score (nSPS) is 14.3. The highest BCUT2D eigenvalue weighted by Gasteiger charge is 2.23. The van der Waals surface area contributed by atoms with Crippen molar-refractivity contribution < 1.29 is 14.3 Å². The molecule has 1 rings (SSSR count). The molecular weight excluding hydrogens is 242 g/mol. The van der Waals surface area contributed by atoms with Crippen LogP contribution in [0.5, 0.6) is 0 Å². The third-order valence-corrected chi connectivity index (χ3v) is 2.69. The summed E-state index contributed by atoms with van der Waals surface area (Å²) < 4.78 is 5.15. The van der Waals surface area contributed by atoms with E-state index in [1.807, 2.05) is 37.3 Å². The van der Waals surface area contributed by atoms with Crippen LogP contribution in [0.3, 0.4) is 0 Å². The van der Waals surface area contributed by atoms with Gasteiger partial charge in [-0.15, -0.1) is 0 Å². The molecule has 4 nitrogen and oxygen atoms in total. The molecule has 19 heavy (non-hydrogen) atoms. The van der Waals surface area contributed by atoms with E-state index in [-0.39, 0.29) is 5.92 Å². The van der Waals surface area contributed by atoms with Gasteiger partial charge in [0.1, 0.15) is 11.9 Å². The Hall–Kier alpha value is -1.84. The van der Waals surface area contributed by atoms with Crippen molar-refractivity contribution in [3.8, 4) is 0 Å². The van der Waals surface area contributed by atoms with Gasteiger partial charge in [-0.05, 0) is 26.3 Å². The number of hydrogen-bond acceptors (Lipinski definition) is 3. The number of amides is 1. The minimum absolute atomic E-state index is 0.105. The van der Waals surface area contributed by atoms with Crippen molar-refractivity contribution >= 4 is 12.4 Å². The molecule has 1 aromatic rings. The maximum atomic E-state index is 11.7. The van der Waals surface area contributed by atoms with Crippen LogP contribution in [0.4, 0.5) is 4.79 Å². The molecule has 0 heterocycles. The van der Waals surface area contributed by atoms with Gasteiger partial charge < -0.3 is 14.8 Å². The second-order valence-electron chi connectivity index (χ2n) is 5.51. The van der Waals surface area contributed by atoms with E-state index in [1.165, 1.54) is 0 Å². The highest BCUT2D eigenvalue weighted by atomic mass is 16.6. The van der Waals surface area contributed by atoms with Crippen LogP contribution in [0.2, 0.25) is 0 Å². The highest BCUT2D eigenvalue weighted by molar-refractivity contribution is 5.74. The van der Waals surface area contributed by atoms with Crippen molar-refractivity contribution in [2.45, 2.75) is 45.3 Å². The van der Waals surface area contributed by atoms with Crippen LogP contribution in [-0.2, 0) is 9.53 Å². The van der Waals surface area contributed by atoms with Gasteiger partial charge in [-0.2, -0.15) is 0 Å². The number of benzene rings is 1. The third kappa shape index (κ3) is 5.12. The number of hydrogen-bond donors (Lipinski definition) is 1. The van der Waals surface area contributed by atoms with E-state index in [4.69, 9.17) is 4.74 Å². The zero-order valence-electron chi connectivity index (χ0n) is 11.8. The van der Waals surface area contributed by atoms with Crippen LogP contribution in [0.15, 0.2) is 30.3 Å². The van der Waals surface area contributed by atoms with Crippen LogP contribution in [0.25, 0.3) is 0 Å². The van der Waals surface area contributed by atoms with E-state index >= 15 is 0 Å². The summed E-state index contributed by atoms with van der Waals surface area (Å²) in [5.74, 6) is -0.105. The molecule has 2 atom stereocenters. The summed E-state index contributed by atoms with van der Waals surface area (Å²) in [5.41, 5.74) is 0.420. The number of rotatable bonds is 4. The molecule has 4 heteroatoms. The fraction of sp³-hybridized carbons (Fsp3) is 0.467. The fourth-order valence-electron chi connectivity index (χ4n) is 1.68.